The number of aromatic carboxylic acids is 1. The average molecular weight is 1130 g/mol. The first-order valence-corrected chi connectivity index (χ1v) is 21.0. The van der Waals surface area contributed by atoms with Crippen LogP contribution in [0.15, 0.2) is 85.5 Å². The maximum atomic E-state index is 14.3. The van der Waals surface area contributed by atoms with Crippen LogP contribution in [0.4, 0.5) is 22.0 Å². The zero-order valence-electron chi connectivity index (χ0n) is 37.8. The first-order chi connectivity index (χ1) is 31.9. The molecule has 0 saturated carbocycles. The molecule has 0 fully saturated rings. The maximum absolute atomic E-state index is 14.3. The molecule has 0 saturated heterocycles. The molecule has 0 aliphatic carbocycles. The smallest absolute Gasteiger partial charge is 0.477 e. The number of halogens is 5. The first-order valence-electron chi connectivity index (χ1n) is 21.0. The van der Waals surface area contributed by atoms with Crippen LogP contribution in [0.1, 0.15) is 76.6 Å². The number of hydrogen-bond donors (Lipinski definition) is 3. The van der Waals surface area contributed by atoms with Crippen LogP contribution in [0, 0.1) is 53.8 Å². The van der Waals surface area contributed by atoms with Crippen LogP contribution in [0.2, 0.25) is 0 Å². The molecule has 3 N–H and O–H groups in total. The van der Waals surface area contributed by atoms with E-state index in [2.05, 4.69) is 40.2 Å². The van der Waals surface area contributed by atoms with Crippen molar-refractivity contribution in [2.75, 3.05) is 27.2 Å². The van der Waals surface area contributed by atoms with E-state index in [1.54, 1.807) is 37.5 Å². The second kappa shape index (κ2) is 27.3. The Bertz CT molecular complexity index is 2420. The third kappa shape index (κ3) is 16.6. The molecule has 3 atom stereocenters. The SMILES string of the molecule is CCC(CC(CC(C)C(=O)N(C)C)C(=O)NCCNC(=O)c1ccnc(CN(Cc2ccccn2)Cc2ccccn2)c1)C(=O)Oc1c(F)c(F)c(F)c(F)c1F.Cc1ccnc(C(=O)O)c1.[Os+]. The summed E-state index contributed by atoms with van der Waals surface area (Å²) in [7, 11) is 3.05. The van der Waals surface area contributed by atoms with Gasteiger partial charge in [0.05, 0.1) is 23.0 Å². The molecular weight excluding hydrogens is 1070 g/mol. The molecule has 4 heterocycles. The van der Waals surface area contributed by atoms with Crippen LogP contribution in [-0.2, 0) is 53.8 Å². The van der Waals surface area contributed by atoms with Crippen molar-refractivity contribution in [3.05, 3.63) is 148 Å². The predicted octanol–water partition coefficient (Wildman–Crippen LogP) is 6.45. The third-order valence-electron chi connectivity index (χ3n) is 10.2. The Hall–Kier alpha value is -6.58. The number of aryl methyl sites for hydroxylation is 1. The molecule has 15 nitrogen and oxygen atoms in total. The van der Waals surface area contributed by atoms with Gasteiger partial charge in [-0.2, -0.15) is 8.78 Å². The molecule has 0 aliphatic rings. The van der Waals surface area contributed by atoms with E-state index >= 15 is 0 Å². The fourth-order valence-corrected chi connectivity index (χ4v) is 6.72. The molecule has 0 bridgehead atoms. The summed E-state index contributed by atoms with van der Waals surface area (Å²) in [6, 6.07) is 17.8. The van der Waals surface area contributed by atoms with Gasteiger partial charge in [0.2, 0.25) is 46.6 Å². The second-order valence-corrected chi connectivity index (χ2v) is 15.6. The second-order valence-electron chi connectivity index (χ2n) is 15.6. The minimum absolute atomic E-state index is 0. The van der Waals surface area contributed by atoms with Gasteiger partial charge in [-0.15, -0.1) is 0 Å². The Balaban J connectivity index is 0.000000985. The number of amides is 3. The number of nitrogens with one attached hydrogen (secondary N) is 2. The van der Waals surface area contributed by atoms with Crippen LogP contribution in [0.5, 0.6) is 5.75 Å². The van der Waals surface area contributed by atoms with Gasteiger partial charge in [-0.05, 0) is 80.3 Å². The summed E-state index contributed by atoms with van der Waals surface area (Å²) in [5.74, 6) is -20.0. The molecule has 5 aromatic rings. The zero-order valence-corrected chi connectivity index (χ0v) is 40.3. The number of carbonyl (C=O) groups is 5. The Morgan fingerprint density at radius 1 is 0.691 bits per heavy atom. The van der Waals surface area contributed by atoms with E-state index in [0.717, 1.165) is 17.0 Å². The van der Waals surface area contributed by atoms with E-state index in [1.165, 1.54) is 44.4 Å². The molecule has 363 valence electrons. The minimum atomic E-state index is -2.41. The van der Waals surface area contributed by atoms with Crippen molar-refractivity contribution in [2.24, 2.45) is 17.8 Å². The van der Waals surface area contributed by atoms with Crippen LogP contribution in [0.3, 0.4) is 0 Å². The van der Waals surface area contributed by atoms with Gasteiger partial charge in [-0.3, -0.25) is 39.0 Å². The molecule has 1 aromatic carbocycles. The number of ether oxygens (including phenoxy) is 1. The number of carboxylic acids is 1. The summed E-state index contributed by atoms with van der Waals surface area (Å²) in [6.45, 7) is 6.24. The van der Waals surface area contributed by atoms with Crippen LogP contribution < -0.4 is 15.4 Å². The number of rotatable bonds is 20. The molecule has 21 heteroatoms. The number of esters is 1. The van der Waals surface area contributed by atoms with E-state index in [1.807, 2.05) is 43.3 Å². The Morgan fingerprint density at radius 3 is 1.75 bits per heavy atom. The normalized spacial score (nSPS) is 12.0. The van der Waals surface area contributed by atoms with E-state index in [-0.39, 0.29) is 63.7 Å². The van der Waals surface area contributed by atoms with Crippen molar-refractivity contribution in [2.45, 2.75) is 59.7 Å². The minimum Gasteiger partial charge on any atom is -0.477 e. The molecule has 3 unspecified atom stereocenters. The van der Waals surface area contributed by atoms with Gasteiger partial charge >= 0.3 is 31.7 Å². The molecule has 4 aromatic heterocycles. The van der Waals surface area contributed by atoms with Gasteiger partial charge in [-0.25, -0.2) is 22.9 Å². The topological polar surface area (TPSA) is 197 Å². The summed E-state index contributed by atoms with van der Waals surface area (Å²) < 4.78 is 74.2. The average Bonchev–Trinajstić information content (AvgIpc) is 3.32. The molecule has 68 heavy (non-hydrogen) atoms. The molecule has 0 spiro atoms. The number of carboxylic acid groups (broad SMARTS) is 1. The van der Waals surface area contributed by atoms with E-state index in [0.29, 0.717) is 30.9 Å². The fraction of sp³-hybridized carbons (Fsp3) is 0.340. The van der Waals surface area contributed by atoms with Crippen molar-refractivity contribution >= 4 is 29.7 Å². The number of aromatic nitrogens is 4. The molecule has 5 rings (SSSR count). The summed E-state index contributed by atoms with van der Waals surface area (Å²) in [5, 5.41) is 13.9. The van der Waals surface area contributed by atoms with Gasteiger partial charge in [0.15, 0.2) is 0 Å². The molecule has 3 amide bonds. The predicted molar refractivity (Wildman–Crippen MR) is 233 cm³/mol. The summed E-state index contributed by atoms with van der Waals surface area (Å²) in [4.78, 5) is 82.9. The Morgan fingerprint density at radius 2 is 1.24 bits per heavy atom. The van der Waals surface area contributed by atoms with Gasteiger partial charge < -0.3 is 25.4 Å². The zero-order chi connectivity index (χ0) is 49.2. The maximum Gasteiger partial charge on any atom is 1.00 e. The number of benzene rings is 1. The van der Waals surface area contributed by atoms with Crippen LogP contribution in [0.25, 0.3) is 0 Å². The summed E-state index contributed by atoms with van der Waals surface area (Å²) >= 11 is 0. The van der Waals surface area contributed by atoms with Crippen molar-refractivity contribution in [1.29, 1.82) is 0 Å². The first kappa shape index (κ1) is 55.7. The molecular formula is C47H51F5N8O7Os+. The molecule has 0 aliphatic heterocycles. The van der Waals surface area contributed by atoms with Crippen LogP contribution in [-0.4, -0.2) is 91.7 Å². The van der Waals surface area contributed by atoms with Crippen molar-refractivity contribution in [3.63, 3.8) is 0 Å². The standard InChI is InChI=1S/C40H44F5N7O5.C7H7NO2.Os/c1-5-25(40(56)57-36-34(44)32(42)31(41)33(43)35(36)45)19-27(18-24(2)39(55)51(3)4)38(54)50-17-16-49-37(53)26-12-15-48-30(20-26)23-52(21-28-10-6-8-13-46-28)22-29-11-7-9-14-47-29;1-5-2-3-8-6(4-5)7(9)10;/h6-15,20,24-25,27H,5,16-19,21-23H2,1-4H3,(H,49,53)(H,50,54);2-4H,1H3,(H,9,10);/q;;+1. The Kier molecular flexibility index (Phi) is 22.4. The van der Waals surface area contributed by atoms with Crippen molar-refractivity contribution in [3.8, 4) is 5.75 Å². The van der Waals surface area contributed by atoms with E-state index in [9.17, 15) is 45.9 Å². The van der Waals surface area contributed by atoms with E-state index < -0.39 is 76.3 Å². The van der Waals surface area contributed by atoms with Gasteiger partial charge in [0.1, 0.15) is 5.69 Å². The van der Waals surface area contributed by atoms with Crippen molar-refractivity contribution in [1.82, 2.24) is 40.4 Å². The monoisotopic (exact) mass is 1130 g/mol. The Labute approximate surface area is 403 Å². The quantitative estimate of drug-likeness (QED) is 0.0193. The van der Waals surface area contributed by atoms with Gasteiger partial charge in [0, 0.05) is 89.0 Å². The van der Waals surface area contributed by atoms with Gasteiger partial charge in [0.25, 0.3) is 5.91 Å². The van der Waals surface area contributed by atoms with Crippen LogP contribution >= 0.6 is 0 Å². The largest absolute Gasteiger partial charge is 1.00 e. The molecule has 1 radical (unpaired) electrons. The van der Waals surface area contributed by atoms with Crippen molar-refractivity contribution < 1.29 is 75.6 Å². The number of nitrogens with zero attached hydrogens (tertiary/aromatic N) is 6. The fourth-order valence-electron chi connectivity index (χ4n) is 6.72. The summed E-state index contributed by atoms with van der Waals surface area (Å²) in [5.41, 5.74) is 3.65. The van der Waals surface area contributed by atoms with E-state index in [4.69, 9.17) is 5.11 Å². The number of carbonyl (C=O) groups excluding carboxylic acids is 4. The number of hydrogen-bond acceptors (Lipinski definition) is 11. The summed E-state index contributed by atoms with van der Waals surface area (Å²) in [6.07, 6.45) is 6.05. The third-order valence-corrected chi connectivity index (χ3v) is 10.2. The number of pyridine rings is 4. The van der Waals surface area contributed by atoms with Gasteiger partial charge in [-0.1, -0.05) is 26.0 Å².